The van der Waals surface area contributed by atoms with Crippen LogP contribution in [0.5, 0.6) is 0 Å². The largest absolute Gasteiger partial charge is 0.366 e. The molecule has 4 rings (SSSR count). The molecule has 0 heterocycles. The molecule has 2 nitrogen and oxygen atoms in total. The fourth-order valence-corrected chi connectivity index (χ4v) is 3.76. The normalized spacial score (nSPS) is 21.5. The molecule has 0 bridgehead atoms. The van der Waals surface area contributed by atoms with Crippen LogP contribution in [0, 0.1) is 5.92 Å². The number of amides is 1. The van der Waals surface area contributed by atoms with Gasteiger partial charge >= 0.3 is 0 Å². The van der Waals surface area contributed by atoms with Crippen molar-refractivity contribution in [3.63, 3.8) is 0 Å². The summed E-state index contributed by atoms with van der Waals surface area (Å²) in [5.74, 6) is 0.444. The summed E-state index contributed by atoms with van der Waals surface area (Å²) < 4.78 is 0. The molecule has 0 aliphatic heterocycles. The number of carbonyl (C=O) groups excluding carboxylic acids is 1. The number of nitrogens with two attached hydrogens (primary N) is 1. The smallest absolute Gasteiger partial charge is 0.248 e. The summed E-state index contributed by atoms with van der Waals surface area (Å²) in [6.07, 6.45) is 9.57. The van der Waals surface area contributed by atoms with Gasteiger partial charge in [0.15, 0.2) is 0 Å². The van der Waals surface area contributed by atoms with E-state index in [9.17, 15) is 4.79 Å². The van der Waals surface area contributed by atoms with Crippen LogP contribution in [0.3, 0.4) is 0 Å². The number of carbonyl (C=O) groups is 1. The van der Waals surface area contributed by atoms with E-state index in [0.29, 0.717) is 17.4 Å². The van der Waals surface area contributed by atoms with Crippen molar-refractivity contribution in [2.75, 3.05) is 0 Å². The highest BCUT2D eigenvalue weighted by Gasteiger charge is 2.34. The first-order valence-corrected chi connectivity index (χ1v) is 7.61. The number of primary amides is 1. The fraction of sp³-hybridized carbons (Fsp3) is 0.150. The van der Waals surface area contributed by atoms with Crippen molar-refractivity contribution in [1.29, 1.82) is 0 Å². The zero-order valence-electron chi connectivity index (χ0n) is 12.2. The molecule has 2 heteroatoms. The van der Waals surface area contributed by atoms with Gasteiger partial charge < -0.3 is 5.73 Å². The molecule has 2 atom stereocenters. The van der Waals surface area contributed by atoms with Gasteiger partial charge in [0.1, 0.15) is 0 Å². The molecule has 0 radical (unpaired) electrons. The molecule has 2 aromatic carbocycles. The van der Waals surface area contributed by atoms with Crippen molar-refractivity contribution in [2.45, 2.75) is 12.3 Å². The maximum absolute atomic E-state index is 11.8. The van der Waals surface area contributed by atoms with Gasteiger partial charge in [0.25, 0.3) is 0 Å². The van der Waals surface area contributed by atoms with Crippen molar-refractivity contribution >= 4 is 5.91 Å². The summed E-state index contributed by atoms with van der Waals surface area (Å²) in [5, 5.41) is 0. The summed E-state index contributed by atoms with van der Waals surface area (Å²) in [7, 11) is 0. The minimum atomic E-state index is -0.331. The van der Waals surface area contributed by atoms with E-state index in [0.717, 1.165) is 12.0 Å². The Morgan fingerprint density at radius 2 is 1.77 bits per heavy atom. The standard InChI is InChI=1S/C20H17NO/c21-20(22)17-11-10-16(13-6-2-1-3-7-13)19-15-9-5-4-8-14(15)12-18(17)19/h1-11,14-15H,12H2,(H2,21,22). The lowest BCUT2D eigenvalue weighted by Crippen LogP contribution is -2.14. The van der Waals surface area contributed by atoms with E-state index in [1.54, 1.807) is 0 Å². The molecule has 2 N–H and O–H groups in total. The molecule has 2 unspecified atom stereocenters. The van der Waals surface area contributed by atoms with Crippen molar-refractivity contribution in [3.05, 3.63) is 83.5 Å². The van der Waals surface area contributed by atoms with Gasteiger partial charge in [0.2, 0.25) is 5.91 Å². The third-order valence-corrected chi connectivity index (χ3v) is 4.73. The van der Waals surface area contributed by atoms with Crippen LogP contribution in [0.1, 0.15) is 27.4 Å². The van der Waals surface area contributed by atoms with Crippen LogP contribution in [0.4, 0.5) is 0 Å². The predicted molar refractivity (Wildman–Crippen MR) is 88.6 cm³/mol. The number of rotatable bonds is 2. The van der Waals surface area contributed by atoms with Gasteiger partial charge in [-0.15, -0.1) is 0 Å². The zero-order valence-corrected chi connectivity index (χ0v) is 12.2. The van der Waals surface area contributed by atoms with E-state index in [1.165, 1.54) is 16.7 Å². The lowest BCUT2D eigenvalue weighted by atomic mass is 9.85. The van der Waals surface area contributed by atoms with E-state index in [-0.39, 0.29) is 5.91 Å². The molecule has 0 saturated carbocycles. The Labute approximate surface area is 130 Å². The molecule has 2 aliphatic rings. The Hall–Kier alpha value is -2.61. The van der Waals surface area contributed by atoms with E-state index in [4.69, 9.17) is 5.73 Å². The Kier molecular flexibility index (Phi) is 2.97. The fourth-order valence-electron chi connectivity index (χ4n) is 3.76. The van der Waals surface area contributed by atoms with Crippen LogP contribution < -0.4 is 5.73 Å². The third kappa shape index (κ3) is 1.92. The van der Waals surface area contributed by atoms with E-state index in [1.807, 2.05) is 30.3 Å². The lowest BCUT2D eigenvalue weighted by Gasteiger charge is -2.19. The zero-order chi connectivity index (χ0) is 15.1. The summed E-state index contributed by atoms with van der Waals surface area (Å²) >= 11 is 0. The Balaban J connectivity index is 1.97. The molecular formula is C20H17NO. The molecule has 2 aliphatic carbocycles. The highest BCUT2D eigenvalue weighted by atomic mass is 16.1. The second-order valence-electron chi connectivity index (χ2n) is 5.95. The monoisotopic (exact) mass is 287 g/mol. The number of benzene rings is 2. The van der Waals surface area contributed by atoms with Crippen LogP contribution >= 0.6 is 0 Å². The SMILES string of the molecule is NC(=O)c1ccc(-c2ccccc2)c2c1CC1C=CC=CC21. The Morgan fingerprint density at radius 3 is 2.55 bits per heavy atom. The highest BCUT2D eigenvalue weighted by molar-refractivity contribution is 5.96. The van der Waals surface area contributed by atoms with Gasteiger partial charge in [-0.2, -0.15) is 0 Å². The molecule has 2 aromatic rings. The summed E-state index contributed by atoms with van der Waals surface area (Å²) in [4.78, 5) is 11.8. The van der Waals surface area contributed by atoms with Crippen LogP contribution in [0.15, 0.2) is 66.8 Å². The Morgan fingerprint density at radius 1 is 1.00 bits per heavy atom. The van der Waals surface area contributed by atoms with Crippen LogP contribution in [-0.2, 0) is 6.42 Å². The average Bonchev–Trinajstić information content (AvgIpc) is 2.94. The van der Waals surface area contributed by atoms with E-state index < -0.39 is 0 Å². The predicted octanol–water partition coefficient (Wildman–Crippen LogP) is 3.83. The first kappa shape index (κ1) is 13.1. The van der Waals surface area contributed by atoms with Crippen molar-refractivity contribution in [2.24, 2.45) is 11.7 Å². The first-order valence-electron chi connectivity index (χ1n) is 7.61. The summed E-state index contributed by atoms with van der Waals surface area (Å²) in [6.45, 7) is 0. The van der Waals surface area contributed by atoms with E-state index >= 15 is 0 Å². The number of fused-ring (bicyclic) bond motifs is 3. The molecule has 0 saturated heterocycles. The maximum Gasteiger partial charge on any atom is 0.248 e. The number of hydrogen-bond acceptors (Lipinski definition) is 1. The van der Waals surface area contributed by atoms with Gasteiger partial charge in [-0.3, -0.25) is 4.79 Å². The molecule has 108 valence electrons. The van der Waals surface area contributed by atoms with Crippen LogP contribution in [0.25, 0.3) is 11.1 Å². The van der Waals surface area contributed by atoms with Gasteiger partial charge in [0.05, 0.1) is 0 Å². The quantitative estimate of drug-likeness (QED) is 0.896. The molecular weight excluding hydrogens is 270 g/mol. The Bertz CT molecular complexity index is 802. The molecule has 1 amide bonds. The van der Waals surface area contributed by atoms with Gasteiger partial charge in [0, 0.05) is 11.5 Å². The van der Waals surface area contributed by atoms with Crippen molar-refractivity contribution < 1.29 is 4.79 Å². The molecule has 0 fully saturated rings. The average molecular weight is 287 g/mol. The van der Waals surface area contributed by atoms with Gasteiger partial charge in [-0.05, 0) is 40.7 Å². The van der Waals surface area contributed by atoms with Crippen molar-refractivity contribution in [1.82, 2.24) is 0 Å². The van der Waals surface area contributed by atoms with Crippen LogP contribution in [0.2, 0.25) is 0 Å². The molecule has 0 spiro atoms. The van der Waals surface area contributed by atoms with E-state index in [2.05, 4.69) is 36.4 Å². The second-order valence-corrected chi connectivity index (χ2v) is 5.95. The second kappa shape index (κ2) is 4.99. The minimum Gasteiger partial charge on any atom is -0.366 e. The summed E-state index contributed by atoms with van der Waals surface area (Å²) in [5.41, 5.74) is 11.1. The highest BCUT2D eigenvalue weighted by Crippen LogP contribution is 2.47. The van der Waals surface area contributed by atoms with Gasteiger partial charge in [-0.1, -0.05) is 60.7 Å². The topological polar surface area (TPSA) is 43.1 Å². The third-order valence-electron chi connectivity index (χ3n) is 4.73. The summed E-state index contributed by atoms with van der Waals surface area (Å²) in [6, 6.07) is 14.3. The number of allylic oxidation sites excluding steroid dienone is 4. The first-order chi connectivity index (χ1) is 10.8. The minimum absolute atomic E-state index is 0.331. The maximum atomic E-state index is 11.8. The van der Waals surface area contributed by atoms with Gasteiger partial charge in [-0.25, -0.2) is 0 Å². The van der Waals surface area contributed by atoms with Crippen LogP contribution in [-0.4, -0.2) is 5.91 Å². The molecule has 22 heavy (non-hydrogen) atoms. The number of hydrogen-bond donors (Lipinski definition) is 1. The molecule has 0 aromatic heterocycles. The lowest BCUT2D eigenvalue weighted by molar-refractivity contribution is 0.0999. The van der Waals surface area contributed by atoms with Crippen molar-refractivity contribution in [3.8, 4) is 11.1 Å².